The van der Waals surface area contributed by atoms with Crippen molar-refractivity contribution in [1.82, 2.24) is 9.97 Å². The number of ketones is 1. The Morgan fingerprint density at radius 2 is 1.80 bits per heavy atom. The lowest BCUT2D eigenvalue weighted by Crippen LogP contribution is -2.44. The van der Waals surface area contributed by atoms with Gasteiger partial charge < -0.3 is 20.3 Å². The Morgan fingerprint density at radius 3 is 2.44 bits per heavy atom. The van der Waals surface area contributed by atoms with E-state index in [1.807, 2.05) is 0 Å². The molecule has 1 saturated carbocycles. The first kappa shape index (κ1) is 30.4. The van der Waals surface area contributed by atoms with Gasteiger partial charge >= 0.3 is 6.18 Å². The van der Waals surface area contributed by atoms with Crippen LogP contribution in [-0.4, -0.2) is 45.7 Å². The summed E-state index contributed by atoms with van der Waals surface area (Å²) in [4.78, 5) is 33.9. The van der Waals surface area contributed by atoms with Crippen LogP contribution in [0.4, 0.5) is 22.0 Å². The maximum atomic E-state index is 15.8. The summed E-state index contributed by atoms with van der Waals surface area (Å²) >= 11 is 0. The van der Waals surface area contributed by atoms with E-state index in [2.05, 4.69) is 9.97 Å². The molecule has 13 heteroatoms. The Bertz CT molecular complexity index is 1840. The predicted molar refractivity (Wildman–Crippen MR) is 151 cm³/mol. The zero-order chi connectivity index (χ0) is 32.3. The number of pyridine rings is 2. The average molecular weight is 628 g/mol. The minimum atomic E-state index is -5.41. The monoisotopic (exact) mass is 627 g/mol. The molecular weight excluding hydrogens is 601 g/mol. The number of alkyl halides is 4. The summed E-state index contributed by atoms with van der Waals surface area (Å²) in [6.45, 7) is 0.843. The second-order valence-electron chi connectivity index (χ2n) is 11.3. The summed E-state index contributed by atoms with van der Waals surface area (Å²) in [5.41, 5.74) is -2.44. The van der Waals surface area contributed by atoms with Crippen molar-refractivity contribution in [3.8, 4) is 22.8 Å². The minimum absolute atomic E-state index is 0.0204. The molecule has 2 atom stereocenters. The molecule has 8 nitrogen and oxygen atoms in total. The van der Waals surface area contributed by atoms with E-state index >= 15 is 4.39 Å². The molecule has 0 bridgehead atoms. The van der Waals surface area contributed by atoms with Crippen molar-refractivity contribution in [2.45, 2.75) is 56.2 Å². The van der Waals surface area contributed by atoms with Crippen LogP contribution in [0.2, 0.25) is 0 Å². The van der Waals surface area contributed by atoms with Crippen molar-refractivity contribution >= 4 is 22.6 Å². The highest BCUT2D eigenvalue weighted by molar-refractivity contribution is 6.01. The normalized spacial score (nSPS) is 19.1. The molecule has 1 aliphatic heterocycles. The van der Waals surface area contributed by atoms with Gasteiger partial charge in [0.25, 0.3) is 11.6 Å². The van der Waals surface area contributed by atoms with E-state index in [-0.39, 0.29) is 28.7 Å². The highest BCUT2D eigenvalue weighted by Gasteiger charge is 2.58. The molecule has 2 aliphatic rings. The lowest BCUT2D eigenvalue weighted by molar-refractivity contribution is -0.270. The SMILES string of the molecule is Cc1ccc2cc(C(=O)CC[C@](O)(c3cc4c(c(-c5ccc(F)cc5)n3)OC[C@]4(F)C(N)=O)C(F)(F)F)cc(OC3CC3)c2n1. The molecule has 1 amide bonds. The van der Waals surface area contributed by atoms with Crippen molar-refractivity contribution in [2.24, 2.45) is 5.73 Å². The number of aryl methyl sites for hydroxylation is 1. The lowest BCUT2D eigenvalue weighted by Gasteiger charge is -2.31. The standard InChI is InChI=1S/C32H26F5N3O5/c1-16-2-3-18-12-19(13-24(26(18)39-16)45-21-8-9-21)23(41)10-11-31(43,32(35,36)37)25-14-22-28(44-15-30(22,34)29(38)42)27(40-25)17-4-6-20(33)7-5-17/h2-7,12-14,21,43H,8-11,15H2,1H3,(H2,38,42)/t30-,31+/m1/s1. The van der Waals surface area contributed by atoms with Gasteiger partial charge in [-0.2, -0.15) is 13.2 Å². The average Bonchev–Trinajstić information content (AvgIpc) is 3.75. The number of hydrogen-bond acceptors (Lipinski definition) is 7. The third-order valence-corrected chi connectivity index (χ3v) is 7.97. The Morgan fingerprint density at radius 1 is 1.09 bits per heavy atom. The molecule has 4 aromatic rings. The van der Waals surface area contributed by atoms with E-state index in [0.717, 1.165) is 25.0 Å². The van der Waals surface area contributed by atoms with E-state index in [4.69, 9.17) is 15.2 Å². The fourth-order valence-corrected chi connectivity index (χ4v) is 5.21. The number of carbonyl (C=O) groups excluding carboxylic acids is 2. The van der Waals surface area contributed by atoms with Gasteiger partial charge in [0.05, 0.1) is 11.8 Å². The molecular formula is C32H26F5N3O5. The Hall–Kier alpha value is -4.65. The molecule has 2 aromatic heterocycles. The number of Topliss-reactive ketones (excluding diaryl/α,β-unsaturated/α-hetero) is 1. The number of carbonyl (C=O) groups is 2. The summed E-state index contributed by atoms with van der Waals surface area (Å²) in [6, 6.07) is 11.2. The molecule has 234 valence electrons. The number of amides is 1. The van der Waals surface area contributed by atoms with Gasteiger partial charge in [-0.15, -0.1) is 0 Å². The highest BCUT2D eigenvalue weighted by Crippen LogP contribution is 2.49. The zero-order valence-corrected chi connectivity index (χ0v) is 23.8. The molecule has 3 N–H and O–H groups in total. The van der Waals surface area contributed by atoms with E-state index in [0.29, 0.717) is 28.4 Å². The molecule has 1 fully saturated rings. The Balaban J connectivity index is 1.40. The number of primary amides is 1. The predicted octanol–water partition coefficient (Wildman–Crippen LogP) is 5.74. The molecule has 0 saturated heterocycles. The van der Waals surface area contributed by atoms with Crippen molar-refractivity contribution in [2.75, 3.05) is 6.61 Å². The number of aliphatic hydroxyl groups is 1. The van der Waals surface area contributed by atoms with Crippen LogP contribution in [0.1, 0.15) is 53.0 Å². The zero-order valence-electron chi connectivity index (χ0n) is 23.8. The number of fused-ring (bicyclic) bond motifs is 2. The summed E-state index contributed by atoms with van der Waals surface area (Å²) in [5, 5.41) is 11.8. The van der Waals surface area contributed by atoms with E-state index < -0.39 is 65.7 Å². The number of hydrogen-bond donors (Lipinski definition) is 2. The second-order valence-corrected chi connectivity index (χ2v) is 11.3. The smallest absolute Gasteiger partial charge is 0.422 e. The number of ether oxygens (including phenoxy) is 2. The largest absolute Gasteiger partial charge is 0.488 e. The first-order chi connectivity index (χ1) is 21.2. The van der Waals surface area contributed by atoms with Crippen LogP contribution in [-0.2, 0) is 16.1 Å². The third kappa shape index (κ3) is 5.45. The van der Waals surface area contributed by atoms with Gasteiger partial charge in [-0.25, -0.2) is 18.7 Å². The van der Waals surface area contributed by atoms with E-state index in [1.165, 1.54) is 24.3 Å². The topological polar surface area (TPSA) is 125 Å². The maximum Gasteiger partial charge on any atom is 0.422 e. The van der Waals surface area contributed by atoms with Gasteiger partial charge in [-0.3, -0.25) is 9.59 Å². The van der Waals surface area contributed by atoms with Crippen LogP contribution in [0.15, 0.2) is 54.6 Å². The molecule has 1 aliphatic carbocycles. The molecule has 0 unspecified atom stereocenters. The molecule has 6 rings (SSSR count). The summed E-state index contributed by atoms with van der Waals surface area (Å²) in [5.74, 6) is -2.99. The van der Waals surface area contributed by atoms with Gasteiger partial charge in [-0.05, 0) is 74.7 Å². The summed E-state index contributed by atoms with van der Waals surface area (Å²) < 4.78 is 84.7. The lowest BCUT2D eigenvalue weighted by atomic mass is 9.86. The molecule has 2 aromatic carbocycles. The van der Waals surface area contributed by atoms with Crippen molar-refractivity contribution in [1.29, 1.82) is 0 Å². The number of rotatable bonds is 9. The first-order valence-electron chi connectivity index (χ1n) is 14.0. The number of aromatic nitrogens is 2. The molecule has 3 heterocycles. The first-order valence-corrected chi connectivity index (χ1v) is 14.0. The molecule has 0 spiro atoms. The number of nitrogens with two attached hydrogens (primary N) is 1. The number of halogens is 5. The molecule has 45 heavy (non-hydrogen) atoms. The maximum absolute atomic E-state index is 15.8. The van der Waals surface area contributed by atoms with E-state index in [9.17, 15) is 32.3 Å². The summed E-state index contributed by atoms with van der Waals surface area (Å²) in [6.07, 6.45) is -5.84. The van der Waals surface area contributed by atoms with Gasteiger partial charge in [0.1, 0.15) is 29.4 Å². The Labute approximate surface area is 253 Å². The van der Waals surface area contributed by atoms with Crippen molar-refractivity contribution in [3.63, 3.8) is 0 Å². The summed E-state index contributed by atoms with van der Waals surface area (Å²) in [7, 11) is 0. The van der Waals surface area contributed by atoms with Crippen LogP contribution in [0, 0.1) is 12.7 Å². The van der Waals surface area contributed by atoms with Crippen LogP contribution in [0.5, 0.6) is 11.5 Å². The van der Waals surface area contributed by atoms with Crippen LogP contribution in [0.3, 0.4) is 0 Å². The van der Waals surface area contributed by atoms with Gasteiger partial charge in [0, 0.05) is 34.2 Å². The van der Waals surface area contributed by atoms with Crippen molar-refractivity contribution < 1.29 is 46.1 Å². The van der Waals surface area contributed by atoms with Crippen molar-refractivity contribution in [3.05, 3.63) is 82.9 Å². The van der Waals surface area contributed by atoms with Crippen LogP contribution >= 0.6 is 0 Å². The van der Waals surface area contributed by atoms with Crippen LogP contribution in [0.25, 0.3) is 22.2 Å². The van der Waals surface area contributed by atoms with Gasteiger partial charge in [-0.1, -0.05) is 6.07 Å². The third-order valence-electron chi connectivity index (χ3n) is 7.97. The molecule has 0 radical (unpaired) electrons. The van der Waals surface area contributed by atoms with Crippen LogP contribution < -0.4 is 15.2 Å². The fraction of sp³-hybridized carbons (Fsp3) is 0.312. The van der Waals surface area contributed by atoms with E-state index in [1.54, 1.807) is 19.1 Å². The minimum Gasteiger partial charge on any atom is -0.488 e. The quantitative estimate of drug-likeness (QED) is 0.179. The number of benzene rings is 2. The second kappa shape index (κ2) is 10.8. The highest BCUT2D eigenvalue weighted by atomic mass is 19.4. The van der Waals surface area contributed by atoms with Gasteiger partial charge in [0.15, 0.2) is 11.5 Å². The Kier molecular flexibility index (Phi) is 7.26. The van der Waals surface area contributed by atoms with Gasteiger partial charge in [0.2, 0.25) is 5.60 Å². The number of nitrogens with zero attached hydrogens (tertiary/aromatic N) is 2. The fourth-order valence-electron chi connectivity index (χ4n) is 5.21.